The van der Waals surface area contributed by atoms with Crippen molar-refractivity contribution in [3.05, 3.63) is 59.4 Å². The highest BCUT2D eigenvalue weighted by Crippen LogP contribution is 2.43. The summed E-state index contributed by atoms with van der Waals surface area (Å²) in [5.74, 6) is 1.71. The van der Waals surface area contributed by atoms with Crippen molar-refractivity contribution in [3.63, 3.8) is 0 Å². The fraction of sp³-hybridized carbons (Fsp3) is 0.500. The standard InChI is InChI=1S/C24H32O/c1-5-7-13-19-21(15-8-6-2)25-22-16-11-14-20(23(19)22)24(4)17-10-9-12-18(24)3/h9-12,14,16-18H,5-8,13,15H2,1-4H3. The van der Waals surface area contributed by atoms with Gasteiger partial charge in [-0.15, -0.1) is 0 Å². The van der Waals surface area contributed by atoms with Gasteiger partial charge < -0.3 is 4.42 Å². The van der Waals surface area contributed by atoms with E-state index in [0.29, 0.717) is 5.92 Å². The lowest BCUT2D eigenvalue weighted by Gasteiger charge is -2.34. The summed E-state index contributed by atoms with van der Waals surface area (Å²) in [7, 11) is 0. The van der Waals surface area contributed by atoms with Gasteiger partial charge >= 0.3 is 0 Å². The van der Waals surface area contributed by atoms with Crippen molar-refractivity contribution in [2.24, 2.45) is 5.92 Å². The Hall–Kier alpha value is -1.76. The van der Waals surface area contributed by atoms with Gasteiger partial charge in [-0.1, -0.05) is 77.0 Å². The van der Waals surface area contributed by atoms with E-state index in [-0.39, 0.29) is 5.41 Å². The average molecular weight is 337 g/mol. The lowest BCUT2D eigenvalue weighted by atomic mass is 9.69. The molecule has 2 unspecified atom stereocenters. The summed E-state index contributed by atoms with van der Waals surface area (Å²) in [4.78, 5) is 0. The topological polar surface area (TPSA) is 13.1 Å². The summed E-state index contributed by atoms with van der Waals surface area (Å²) in [6.07, 6.45) is 16.1. The third kappa shape index (κ3) is 3.34. The van der Waals surface area contributed by atoms with Crippen LogP contribution in [-0.2, 0) is 18.3 Å². The minimum absolute atomic E-state index is 0.0289. The number of hydrogen-bond donors (Lipinski definition) is 0. The molecule has 1 aromatic carbocycles. The van der Waals surface area contributed by atoms with Crippen LogP contribution >= 0.6 is 0 Å². The zero-order valence-corrected chi connectivity index (χ0v) is 16.3. The van der Waals surface area contributed by atoms with Gasteiger partial charge in [-0.25, -0.2) is 0 Å². The first kappa shape index (κ1) is 18.0. The van der Waals surface area contributed by atoms with E-state index in [0.717, 1.165) is 18.4 Å². The van der Waals surface area contributed by atoms with E-state index in [9.17, 15) is 0 Å². The zero-order chi connectivity index (χ0) is 17.9. The number of furan rings is 1. The molecule has 2 atom stereocenters. The molecule has 0 fully saturated rings. The summed E-state index contributed by atoms with van der Waals surface area (Å²) in [5, 5.41) is 1.39. The van der Waals surface area contributed by atoms with Crippen molar-refractivity contribution in [2.75, 3.05) is 0 Å². The molecular formula is C24H32O. The van der Waals surface area contributed by atoms with Gasteiger partial charge in [-0.3, -0.25) is 0 Å². The van der Waals surface area contributed by atoms with Crippen LogP contribution in [0.1, 0.15) is 70.3 Å². The molecule has 2 aromatic rings. The van der Waals surface area contributed by atoms with Crippen LogP contribution in [0, 0.1) is 5.92 Å². The fourth-order valence-electron chi connectivity index (χ4n) is 4.04. The molecule has 0 aliphatic heterocycles. The third-order valence-electron chi connectivity index (χ3n) is 5.92. The van der Waals surface area contributed by atoms with Crippen molar-refractivity contribution in [1.29, 1.82) is 0 Å². The van der Waals surface area contributed by atoms with E-state index in [1.807, 2.05) is 0 Å². The maximum Gasteiger partial charge on any atom is 0.134 e. The Kier molecular flexibility index (Phi) is 5.51. The highest BCUT2D eigenvalue weighted by molar-refractivity contribution is 5.87. The molecular weight excluding hydrogens is 304 g/mol. The minimum atomic E-state index is 0.0289. The molecule has 1 nitrogen and oxygen atoms in total. The Morgan fingerprint density at radius 2 is 1.80 bits per heavy atom. The van der Waals surface area contributed by atoms with E-state index in [4.69, 9.17) is 4.42 Å². The molecule has 0 spiro atoms. The molecule has 1 heterocycles. The Balaban J connectivity index is 2.17. The van der Waals surface area contributed by atoms with Gasteiger partial charge in [0.15, 0.2) is 0 Å². The first-order chi connectivity index (χ1) is 12.1. The molecule has 0 saturated carbocycles. The highest BCUT2D eigenvalue weighted by atomic mass is 16.3. The van der Waals surface area contributed by atoms with Crippen LogP contribution in [0.15, 0.2) is 46.9 Å². The van der Waals surface area contributed by atoms with E-state index >= 15 is 0 Å². The first-order valence-corrected chi connectivity index (χ1v) is 10.0. The Labute approximate surface area is 152 Å². The van der Waals surface area contributed by atoms with E-state index < -0.39 is 0 Å². The van der Waals surface area contributed by atoms with Gasteiger partial charge in [0.25, 0.3) is 0 Å². The monoisotopic (exact) mass is 336 g/mol. The maximum atomic E-state index is 6.37. The van der Waals surface area contributed by atoms with Gasteiger partial charge in [-0.2, -0.15) is 0 Å². The van der Waals surface area contributed by atoms with Gasteiger partial charge in [0.05, 0.1) is 0 Å². The van der Waals surface area contributed by atoms with Crippen molar-refractivity contribution >= 4 is 11.0 Å². The minimum Gasteiger partial charge on any atom is -0.461 e. The van der Waals surface area contributed by atoms with Crippen LogP contribution in [-0.4, -0.2) is 0 Å². The predicted molar refractivity (Wildman–Crippen MR) is 108 cm³/mol. The van der Waals surface area contributed by atoms with Crippen molar-refractivity contribution in [3.8, 4) is 0 Å². The predicted octanol–water partition coefficient (Wildman–Crippen LogP) is 7.14. The smallest absolute Gasteiger partial charge is 0.134 e. The highest BCUT2D eigenvalue weighted by Gasteiger charge is 2.33. The van der Waals surface area contributed by atoms with E-state index in [1.54, 1.807) is 0 Å². The van der Waals surface area contributed by atoms with Crippen molar-refractivity contribution in [1.82, 2.24) is 0 Å². The van der Waals surface area contributed by atoms with Gasteiger partial charge in [-0.05, 0) is 36.8 Å². The first-order valence-electron chi connectivity index (χ1n) is 10.0. The van der Waals surface area contributed by atoms with Gasteiger partial charge in [0.2, 0.25) is 0 Å². The normalized spacial score (nSPS) is 22.8. The molecule has 1 heteroatoms. The largest absolute Gasteiger partial charge is 0.461 e. The zero-order valence-electron chi connectivity index (χ0n) is 16.3. The quantitative estimate of drug-likeness (QED) is 0.524. The number of aryl methyl sites for hydroxylation is 2. The average Bonchev–Trinajstić information content (AvgIpc) is 2.98. The van der Waals surface area contributed by atoms with Crippen molar-refractivity contribution in [2.45, 2.75) is 71.6 Å². The van der Waals surface area contributed by atoms with Gasteiger partial charge in [0, 0.05) is 22.8 Å². The molecule has 25 heavy (non-hydrogen) atoms. The van der Waals surface area contributed by atoms with E-state index in [2.05, 4.69) is 70.2 Å². The number of hydrogen-bond acceptors (Lipinski definition) is 1. The molecule has 0 bridgehead atoms. The summed E-state index contributed by atoms with van der Waals surface area (Å²) < 4.78 is 6.37. The van der Waals surface area contributed by atoms with Crippen LogP contribution in [0.2, 0.25) is 0 Å². The number of fused-ring (bicyclic) bond motifs is 1. The Morgan fingerprint density at radius 1 is 1.04 bits per heavy atom. The lowest BCUT2D eigenvalue weighted by molar-refractivity contribution is 0.460. The number of unbranched alkanes of at least 4 members (excludes halogenated alkanes) is 2. The molecule has 3 rings (SSSR count). The Morgan fingerprint density at radius 3 is 2.52 bits per heavy atom. The molecule has 134 valence electrons. The SMILES string of the molecule is CCCCc1oc2cccc(C3(C)C=CC=CC3C)c2c1CCCC. The summed E-state index contributed by atoms with van der Waals surface area (Å²) in [5.41, 5.74) is 4.00. The number of benzene rings is 1. The molecule has 0 radical (unpaired) electrons. The molecule has 1 aromatic heterocycles. The lowest BCUT2D eigenvalue weighted by Crippen LogP contribution is -2.28. The second kappa shape index (κ2) is 7.64. The number of allylic oxidation sites excluding steroid dienone is 4. The van der Waals surface area contributed by atoms with Crippen LogP contribution in [0.25, 0.3) is 11.0 Å². The molecule has 1 aliphatic carbocycles. The van der Waals surface area contributed by atoms with Gasteiger partial charge in [0.1, 0.15) is 11.3 Å². The molecule has 0 saturated heterocycles. The van der Waals surface area contributed by atoms with Crippen LogP contribution in [0.3, 0.4) is 0 Å². The summed E-state index contributed by atoms with van der Waals surface area (Å²) >= 11 is 0. The fourth-order valence-corrected chi connectivity index (χ4v) is 4.04. The van der Waals surface area contributed by atoms with Crippen molar-refractivity contribution < 1.29 is 4.42 Å². The molecule has 0 amide bonds. The summed E-state index contributed by atoms with van der Waals surface area (Å²) in [6, 6.07) is 6.63. The van der Waals surface area contributed by atoms with Crippen LogP contribution in [0.4, 0.5) is 0 Å². The number of rotatable bonds is 7. The Bertz CT molecular complexity index is 777. The summed E-state index contributed by atoms with van der Waals surface area (Å²) in [6.45, 7) is 9.21. The van der Waals surface area contributed by atoms with Crippen LogP contribution in [0.5, 0.6) is 0 Å². The second-order valence-electron chi connectivity index (χ2n) is 7.70. The maximum absolute atomic E-state index is 6.37. The third-order valence-corrected chi connectivity index (χ3v) is 5.92. The molecule has 1 aliphatic rings. The second-order valence-corrected chi connectivity index (χ2v) is 7.70. The van der Waals surface area contributed by atoms with E-state index in [1.165, 1.54) is 48.0 Å². The molecule has 0 N–H and O–H groups in total. The van der Waals surface area contributed by atoms with Crippen LogP contribution < -0.4 is 0 Å².